The van der Waals surface area contributed by atoms with E-state index in [0.717, 1.165) is 0 Å². The molecule has 4 nitrogen and oxygen atoms in total. The summed E-state index contributed by atoms with van der Waals surface area (Å²) in [4.78, 5) is 3.72. The van der Waals surface area contributed by atoms with Gasteiger partial charge in [0.1, 0.15) is 0 Å². The van der Waals surface area contributed by atoms with E-state index in [1.807, 2.05) is 0 Å². The van der Waals surface area contributed by atoms with Gasteiger partial charge in [-0.3, -0.25) is 0 Å². The van der Waals surface area contributed by atoms with Gasteiger partial charge in [-0.2, -0.15) is 0 Å². The molecule has 39 valence electrons. The molecule has 1 N–H and O–H groups in total. The minimum absolute atomic E-state index is 0. The maximum atomic E-state index is 7.22. The summed E-state index contributed by atoms with van der Waals surface area (Å²) in [6.07, 6.45) is 0. The van der Waals surface area contributed by atoms with E-state index in [9.17, 15) is 0 Å². The molecule has 0 saturated heterocycles. The van der Waals surface area contributed by atoms with Crippen molar-refractivity contribution in [1.29, 1.82) is 0 Å². The predicted molar refractivity (Wildman–Crippen MR) is 11.8 cm³/mol. The van der Waals surface area contributed by atoms with Crippen LogP contribution in [-0.2, 0) is 35.1 Å². The van der Waals surface area contributed by atoms with Crippen LogP contribution in [0, 0.1) is 0 Å². The van der Waals surface area contributed by atoms with Crippen molar-refractivity contribution < 1.29 is 40.3 Å². The second kappa shape index (κ2) is 9.09. The average molecular weight is 178 g/mol. The molecule has 0 aliphatic rings. The molecule has 0 saturated carbocycles. The van der Waals surface area contributed by atoms with Crippen molar-refractivity contribution in [2.45, 2.75) is 0 Å². The Morgan fingerprint density at radius 3 is 2.00 bits per heavy atom. The number of hydrogen-bond acceptors (Lipinski definition) is 4. The first-order valence-electron chi connectivity index (χ1n) is 0.924. The summed E-state index contributed by atoms with van der Waals surface area (Å²) in [6.45, 7) is 0. The minimum atomic E-state index is 0. The van der Waals surface area contributed by atoms with E-state index in [1.54, 1.807) is 0 Å². The SMILES string of the molecule is COOOO.[Tc]. The fourth-order valence-corrected chi connectivity index (χ4v) is 0.0304. The molecule has 0 aromatic carbocycles. The van der Waals surface area contributed by atoms with Gasteiger partial charge in [0.25, 0.3) is 0 Å². The molecule has 5 heteroatoms. The van der Waals surface area contributed by atoms with Crippen LogP contribution in [-0.4, -0.2) is 12.4 Å². The third-order valence-corrected chi connectivity index (χ3v) is 0.0985. The zero-order valence-corrected chi connectivity index (χ0v) is 4.91. The topological polar surface area (TPSA) is 47.9 Å². The quantitative estimate of drug-likeness (QED) is 0.476. The number of hydrogen-bond donors (Lipinski definition) is 1. The first-order chi connectivity index (χ1) is 2.41. The Morgan fingerprint density at radius 2 is 2.00 bits per heavy atom. The molecule has 0 spiro atoms. The van der Waals surface area contributed by atoms with Gasteiger partial charge in [-0.15, -0.1) is 0 Å². The van der Waals surface area contributed by atoms with Crippen LogP contribution >= 0.6 is 0 Å². The van der Waals surface area contributed by atoms with E-state index < -0.39 is 0 Å². The minimum Gasteiger partial charge on any atom is -0.219 e. The van der Waals surface area contributed by atoms with Gasteiger partial charge in [0.05, 0.1) is 7.11 Å². The molecule has 0 unspecified atom stereocenters. The van der Waals surface area contributed by atoms with E-state index in [2.05, 4.69) is 15.0 Å². The Kier molecular flexibility index (Phi) is 14.7. The molecule has 0 bridgehead atoms. The van der Waals surface area contributed by atoms with Gasteiger partial charge < -0.3 is 0 Å². The second-order valence-corrected chi connectivity index (χ2v) is 0.309. The van der Waals surface area contributed by atoms with Crippen LogP contribution in [0.5, 0.6) is 0 Å². The maximum Gasteiger partial charge on any atom is 0.0745 e. The Balaban J connectivity index is 0. The van der Waals surface area contributed by atoms with Crippen molar-refractivity contribution in [3.05, 3.63) is 0 Å². The third-order valence-electron chi connectivity index (χ3n) is 0.0985. The Hall–Kier alpha value is 0.489. The molecule has 0 aromatic heterocycles. The standard InChI is InChI=1S/CH4O4.Tc/c1-3-5-4-2;/h2H,1H3;. The largest absolute Gasteiger partial charge is 0.219 e. The average Bonchev–Trinajstić information content (AvgIpc) is 1.41. The molecule has 0 aliphatic carbocycles. The number of rotatable bonds is 2. The fourth-order valence-electron chi connectivity index (χ4n) is 0.0304. The molecular formula is CH4O4Tc. The molecule has 0 aromatic rings. The Morgan fingerprint density at radius 1 is 1.50 bits per heavy atom. The summed E-state index contributed by atoms with van der Waals surface area (Å²) >= 11 is 0. The molecule has 0 amide bonds. The molecule has 0 heterocycles. The summed E-state index contributed by atoms with van der Waals surface area (Å²) in [7, 11) is 1.20. The van der Waals surface area contributed by atoms with Crippen LogP contribution in [0.2, 0.25) is 0 Å². The maximum absolute atomic E-state index is 7.22. The smallest absolute Gasteiger partial charge is 0.0745 e. The summed E-state index contributed by atoms with van der Waals surface area (Å²) in [5.41, 5.74) is 0. The van der Waals surface area contributed by atoms with Crippen molar-refractivity contribution in [2.24, 2.45) is 0 Å². The molecule has 0 rings (SSSR count). The van der Waals surface area contributed by atoms with Crippen LogP contribution in [0.15, 0.2) is 0 Å². The van der Waals surface area contributed by atoms with Crippen LogP contribution in [0.25, 0.3) is 0 Å². The molecule has 0 aliphatic heterocycles. The van der Waals surface area contributed by atoms with Crippen LogP contribution < -0.4 is 0 Å². The van der Waals surface area contributed by atoms with Crippen molar-refractivity contribution >= 4 is 0 Å². The van der Waals surface area contributed by atoms with Gasteiger partial charge >= 0.3 is 0 Å². The summed E-state index contributed by atoms with van der Waals surface area (Å²) in [6, 6.07) is 0. The van der Waals surface area contributed by atoms with Gasteiger partial charge in [0.2, 0.25) is 0 Å². The van der Waals surface area contributed by atoms with Crippen LogP contribution in [0.1, 0.15) is 0 Å². The van der Waals surface area contributed by atoms with E-state index in [-0.39, 0.29) is 20.1 Å². The second-order valence-electron chi connectivity index (χ2n) is 0.309. The first kappa shape index (κ1) is 9.70. The predicted octanol–water partition coefficient (Wildman–Crippen LogP) is -0.0335. The van der Waals surface area contributed by atoms with E-state index in [0.29, 0.717) is 0 Å². The van der Waals surface area contributed by atoms with Crippen LogP contribution in [0.3, 0.4) is 0 Å². The van der Waals surface area contributed by atoms with E-state index in [1.165, 1.54) is 7.11 Å². The molecule has 1 radical (unpaired) electrons. The van der Waals surface area contributed by atoms with E-state index >= 15 is 0 Å². The van der Waals surface area contributed by atoms with Gasteiger partial charge in [0, 0.05) is 20.1 Å². The van der Waals surface area contributed by atoms with E-state index in [4.69, 9.17) is 5.26 Å². The van der Waals surface area contributed by atoms with Crippen LogP contribution in [0.4, 0.5) is 0 Å². The van der Waals surface area contributed by atoms with Crippen molar-refractivity contribution in [1.82, 2.24) is 0 Å². The first-order valence-corrected chi connectivity index (χ1v) is 0.924. The van der Waals surface area contributed by atoms with Crippen molar-refractivity contribution in [2.75, 3.05) is 7.11 Å². The zero-order chi connectivity index (χ0) is 4.12. The summed E-state index contributed by atoms with van der Waals surface area (Å²) in [5.74, 6) is 0. The van der Waals surface area contributed by atoms with Gasteiger partial charge in [-0.25, -0.2) is 10.1 Å². The van der Waals surface area contributed by atoms with Crippen molar-refractivity contribution in [3.63, 3.8) is 0 Å². The molecule has 6 heavy (non-hydrogen) atoms. The monoisotopic (exact) mass is 177 g/mol. The fraction of sp³-hybridized carbons (Fsp3) is 1.00. The normalized spacial score (nSPS) is 7.00. The molecular weight excluding hydrogens is 174 g/mol. The Labute approximate surface area is 48.1 Å². The zero-order valence-electron chi connectivity index (χ0n) is 3.05. The molecule has 0 fully saturated rings. The van der Waals surface area contributed by atoms with Gasteiger partial charge in [-0.05, 0) is 10.1 Å². The summed E-state index contributed by atoms with van der Waals surface area (Å²) < 4.78 is 0. The van der Waals surface area contributed by atoms with Crippen molar-refractivity contribution in [3.8, 4) is 0 Å². The Bertz CT molecular complexity index is 15.0. The summed E-state index contributed by atoms with van der Waals surface area (Å²) in [5, 5.41) is 13.6. The van der Waals surface area contributed by atoms with Gasteiger partial charge in [-0.1, -0.05) is 0 Å². The van der Waals surface area contributed by atoms with Gasteiger partial charge in [0.15, 0.2) is 0 Å². The third kappa shape index (κ3) is 8.82. The molecule has 0 atom stereocenters.